The van der Waals surface area contributed by atoms with Crippen LogP contribution in [0.5, 0.6) is 11.5 Å². The summed E-state index contributed by atoms with van der Waals surface area (Å²) < 4.78 is 15.8. The number of anilines is 1. The average Bonchev–Trinajstić information content (AvgIpc) is 3.40. The number of fused-ring (bicyclic) bond motifs is 1. The summed E-state index contributed by atoms with van der Waals surface area (Å²) >= 11 is 0. The molecule has 4 rings (SSSR count). The summed E-state index contributed by atoms with van der Waals surface area (Å²) in [5, 5.41) is 11.4. The normalized spacial score (nSPS) is 17.6. The Hall–Kier alpha value is -3.84. The van der Waals surface area contributed by atoms with E-state index >= 15 is 0 Å². The molecule has 0 saturated heterocycles. The van der Waals surface area contributed by atoms with Crippen LogP contribution >= 0.6 is 0 Å². The van der Waals surface area contributed by atoms with Crippen LogP contribution < -0.4 is 14.4 Å². The molecule has 1 atom stereocenters. The second-order valence-electron chi connectivity index (χ2n) is 7.45. The number of aliphatic hydroxyl groups is 1. The number of carbonyl (C=O) groups is 2. The molecule has 0 fully saturated rings. The minimum absolute atomic E-state index is 0.203. The molecular weight excluding hydrogens is 410 g/mol. The van der Waals surface area contributed by atoms with Gasteiger partial charge in [0.2, 0.25) is 0 Å². The highest BCUT2D eigenvalue weighted by molar-refractivity contribution is 6.10. The fourth-order valence-electron chi connectivity index (χ4n) is 3.87. The molecule has 1 N–H and O–H groups in total. The van der Waals surface area contributed by atoms with Gasteiger partial charge in [-0.15, -0.1) is 0 Å². The van der Waals surface area contributed by atoms with Gasteiger partial charge < -0.3 is 23.9 Å². The van der Waals surface area contributed by atoms with Crippen LogP contribution in [0.15, 0.2) is 71.4 Å². The van der Waals surface area contributed by atoms with Gasteiger partial charge in [0, 0.05) is 5.56 Å². The third kappa shape index (κ3) is 3.90. The Morgan fingerprint density at radius 3 is 2.59 bits per heavy atom. The van der Waals surface area contributed by atoms with Crippen LogP contribution in [-0.4, -0.2) is 31.0 Å². The molecule has 32 heavy (non-hydrogen) atoms. The quantitative estimate of drug-likeness (QED) is 0.545. The topological polar surface area (TPSA) is 89.2 Å². The van der Waals surface area contributed by atoms with Crippen LogP contribution in [0.2, 0.25) is 0 Å². The lowest BCUT2D eigenvalue weighted by atomic mass is 9.90. The molecule has 1 amide bonds. The lowest BCUT2D eigenvalue weighted by Crippen LogP contribution is -2.41. The monoisotopic (exact) mass is 433 g/mol. The SMILES string of the molecule is COc1ccc(CN2C(=O)[C@](O)(CC(=O)/C=C\c3ccco3)c3ccccc32)cc1OC. The Morgan fingerprint density at radius 1 is 1.09 bits per heavy atom. The standard InChI is InChI=1S/C25H23NO6/c1-30-22-12-9-17(14-23(22)31-2)16-26-21-8-4-3-7-20(21)25(29,24(26)28)15-18(27)10-11-19-6-5-13-32-19/h3-14,29H,15-16H2,1-2H3/b11-10-/t25-/m0/s1. The zero-order valence-corrected chi connectivity index (χ0v) is 17.8. The second-order valence-corrected chi connectivity index (χ2v) is 7.45. The third-order valence-electron chi connectivity index (χ3n) is 5.43. The van der Waals surface area contributed by atoms with Gasteiger partial charge in [-0.25, -0.2) is 0 Å². The number of methoxy groups -OCH3 is 2. The molecule has 164 valence electrons. The van der Waals surface area contributed by atoms with Crippen molar-refractivity contribution in [3.8, 4) is 11.5 Å². The number of furan rings is 1. The molecule has 3 aromatic rings. The number of hydrogen-bond acceptors (Lipinski definition) is 6. The van der Waals surface area contributed by atoms with Crippen molar-refractivity contribution in [1.29, 1.82) is 0 Å². The number of rotatable bonds is 8. The first kappa shape index (κ1) is 21.4. The van der Waals surface area contributed by atoms with Gasteiger partial charge >= 0.3 is 0 Å². The van der Waals surface area contributed by atoms with E-state index in [4.69, 9.17) is 13.9 Å². The molecule has 0 spiro atoms. The molecule has 0 saturated carbocycles. The first-order valence-corrected chi connectivity index (χ1v) is 10.1. The smallest absolute Gasteiger partial charge is 0.264 e. The summed E-state index contributed by atoms with van der Waals surface area (Å²) in [4.78, 5) is 27.4. The maximum atomic E-state index is 13.4. The van der Waals surface area contributed by atoms with Gasteiger partial charge in [-0.3, -0.25) is 9.59 Å². The summed E-state index contributed by atoms with van der Waals surface area (Å²) in [5.41, 5.74) is -0.181. The molecule has 1 aliphatic rings. The van der Waals surface area contributed by atoms with Crippen LogP contribution in [0.1, 0.15) is 23.3 Å². The van der Waals surface area contributed by atoms with Gasteiger partial charge in [0.15, 0.2) is 22.9 Å². The number of hydrogen-bond donors (Lipinski definition) is 1. The lowest BCUT2D eigenvalue weighted by molar-refractivity contribution is -0.140. The lowest BCUT2D eigenvalue weighted by Gasteiger charge is -2.22. The highest BCUT2D eigenvalue weighted by atomic mass is 16.5. The molecule has 0 unspecified atom stereocenters. The predicted octanol–water partition coefficient (Wildman–Crippen LogP) is 3.70. The Balaban J connectivity index is 1.61. The largest absolute Gasteiger partial charge is 0.493 e. The zero-order chi connectivity index (χ0) is 22.7. The maximum absolute atomic E-state index is 13.4. The number of benzene rings is 2. The molecule has 2 heterocycles. The Kier molecular flexibility index (Phi) is 5.83. The zero-order valence-electron chi connectivity index (χ0n) is 17.8. The van der Waals surface area contributed by atoms with Crippen molar-refractivity contribution in [3.63, 3.8) is 0 Å². The van der Waals surface area contributed by atoms with Gasteiger partial charge in [0.05, 0.1) is 39.1 Å². The molecule has 0 bridgehead atoms. The van der Waals surface area contributed by atoms with E-state index in [9.17, 15) is 14.7 Å². The van der Waals surface area contributed by atoms with Gasteiger partial charge in [-0.05, 0) is 48.0 Å². The molecule has 7 heteroatoms. The van der Waals surface area contributed by atoms with Crippen molar-refractivity contribution in [1.82, 2.24) is 0 Å². The Labute approximate surface area is 185 Å². The predicted molar refractivity (Wildman–Crippen MR) is 118 cm³/mol. The van der Waals surface area contributed by atoms with Crippen LogP contribution in [-0.2, 0) is 21.7 Å². The summed E-state index contributed by atoms with van der Waals surface area (Å²) in [6.07, 6.45) is 3.95. The molecule has 1 aliphatic heterocycles. The highest BCUT2D eigenvalue weighted by Crippen LogP contribution is 2.43. The summed E-state index contributed by atoms with van der Waals surface area (Å²) in [7, 11) is 3.09. The van der Waals surface area contributed by atoms with E-state index in [0.717, 1.165) is 5.56 Å². The van der Waals surface area contributed by atoms with E-state index in [2.05, 4.69) is 0 Å². The van der Waals surface area contributed by atoms with E-state index in [0.29, 0.717) is 28.5 Å². The van der Waals surface area contributed by atoms with E-state index in [1.165, 1.54) is 23.3 Å². The maximum Gasteiger partial charge on any atom is 0.264 e. The summed E-state index contributed by atoms with van der Waals surface area (Å²) in [5.74, 6) is 0.695. The van der Waals surface area contributed by atoms with E-state index < -0.39 is 11.5 Å². The number of ketones is 1. The van der Waals surface area contributed by atoms with Gasteiger partial charge in [0.1, 0.15) is 5.76 Å². The summed E-state index contributed by atoms with van der Waals surface area (Å²) in [6, 6.07) is 15.7. The van der Waals surface area contributed by atoms with Crippen molar-refractivity contribution in [3.05, 3.63) is 83.8 Å². The number of amides is 1. The molecule has 1 aromatic heterocycles. The van der Waals surface area contributed by atoms with Crippen molar-refractivity contribution in [2.24, 2.45) is 0 Å². The molecule has 2 aromatic carbocycles. The number of ether oxygens (including phenoxy) is 2. The number of nitrogens with zero attached hydrogens (tertiary/aromatic N) is 1. The van der Waals surface area contributed by atoms with Crippen LogP contribution in [0, 0.1) is 0 Å². The van der Waals surface area contributed by atoms with Crippen molar-refractivity contribution in [2.45, 2.75) is 18.6 Å². The first-order chi connectivity index (χ1) is 15.5. The molecule has 7 nitrogen and oxygen atoms in total. The number of para-hydroxylation sites is 1. The Morgan fingerprint density at radius 2 is 1.88 bits per heavy atom. The second kappa shape index (κ2) is 8.72. The van der Waals surface area contributed by atoms with E-state index in [1.807, 2.05) is 6.07 Å². The van der Waals surface area contributed by atoms with Gasteiger partial charge in [-0.1, -0.05) is 24.3 Å². The van der Waals surface area contributed by atoms with Crippen LogP contribution in [0.3, 0.4) is 0 Å². The van der Waals surface area contributed by atoms with Crippen LogP contribution in [0.25, 0.3) is 6.08 Å². The van der Waals surface area contributed by atoms with E-state index in [-0.39, 0.29) is 18.7 Å². The summed E-state index contributed by atoms with van der Waals surface area (Å²) in [6.45, 7) is 0.203. The Bertz CT molecular complexity index is 1170. The van der Waals surface area contributed by atoms with Crippen LogP contribution in [0.4, 0.5) is 5.69 Å². The molecule has 0 aliphatic carbocycles. The fraction of sp³-hybridized carbons (Fsp3) is 0.200. The van der Waals surface area contributed by atoms with Gasteiger partial charge in [0.25, 0.3) is 5.91 Å². The molecule has 0 radical (unpaired) electrons. The van der Waals surface area contributed by atoms with Crippen molar-refractivity contribution in [2.75, 3.05) is 19.1 Å². The van der Waals surface area contributed by atoms with Gasteiger partial charge in [-0.2, -0.15) is 0 Å². The first-order valence-electron chi connectivity index (χ1n) is 10.1. The fourth-order valence-corrected chi connectivity index (χ4v) is 3.87. The average molecular weight is 433 g/mol. The number of carbonyl (C=O) groups excluding carboxylic acids is 2. The minimum atomic E-state index is -1.95. The minimum Gasteiger partial charge on any atom is -0.493 e. The third-order valence-corrected chi connectivity index (χ3v) is 5.43. The van der Waals surface area contributed by atoms with Crippen molar-refractivity contribution < 1.29 is 28.6 Å². The molecular formula is C25H23NO6. The number of allylic oxidation sites excluding steroid dienone is 1. The van der Waals surface area contributed by atoms with Crippen molar-refractivity contribution >= 4 is 23.5 Å². The highest BCUT2D eigenvalue weighted by Gasteiger charge is 2.50. The van der Waals surface area contributed by atoms with E-state index in [1.54, 1.807) is 62.8 Å².